The Kier molecular flexibility index (Phi) is 5.65. The van der Waals surface area contributed by atoms with Gasteiger partial charge >= 0.3 is 6.03 Å². The molecule has 0 aromatic carbocycles. The maximum atomic E-state index is 11.3. The minimum absolute atomic E-state index is 0.244. The van der Waals surface area contributed by atoms with Gasteiger partial charge in [-0.2, -0.15) is 0 Å². The van der Waals surface area contributed by atoms with E-state index in [1.54, 1.807) is 30.7 Å². The lowest BCUT2D eigenvalue weighted by molar-refractivity contribution is 0.259. The van der Waals surface area contributed by atoms with E-state index in [0.29, 0.717) is 17.9 Å². The van der Waals surface area contributed by atoms with Crippen LogP contribution < -0.4 is 15.8 Å². The van der Waals surface area contributed by atoms with Crippen LogP contribution in [0.4, 0.5) is 10.6 Å². The second-order valence-electron chi connectivity index (χ2n) is 5.18. The fourth-order valence-corrected chi connectivity index (χ4v) is 2.97. The van der Waals surface area contributed by atoms with Gasteiger partial charge in [-0.3, -0.25) is 10.3 Å². The van der Waals surface area contributed by atoms with Gasteiger partial charge in [0.25, 0.3) is 0 Å². The summed E-state index contributed by atoms with van der Waals surface area (Å²) < 4.78 is 5.98. The van der Waals surface area contributed by atoms with Crippen LogP contribution in [-0.4, -0.2) is 21.0 Å². The van der Waals surface area contributed by atoms with E-state index in [2.05, 4.69) is 20.3 Å². The monoisotopic (exact) mass is 367 g/mol. The second kappa shape index (κ2) is 8.30. The summed E-state index contributed by atoms with van der Waals surface area (Å²) in [7, 11) is 0. The minimum atomic E-state index is -0.714. The van der Waals surface area contributed by atoms with Gasteiger partial charge in [0.05, 0.1) is 5.69 Å². The van der Waals surface area contributed by atoms with Gasteiger partial charge < -0.3 is 10.5 Å². The van der Waals surface area contributed by atoms with E-state index in [1.165, 1.54) is 11.8 Å². The van der Waals surface area contributed by atoms with Gasteiger partial charge in [-0.1, -0.05) is 24.8 Å². The average Bonchev–Trinajstić information content (AvgIpc) is 2.65. The number of amides is 2. The zero-order valence-corrected chi connectivity index (χ0v) is 14.9. The van der Waals surface area contributed by atoms with Gasteiger partial charge in [0.1, 0.15) is 10.8 Å². The van der Waals surface area contributed by atoms with Crippen molar-refractivity contribution in [2.45, 2.75) is 23.3 Å². The van der Waals surface area contributed by atoms with Crippen LogP contribution in [-0.2, 0) is 6.42 Å². The number of nitrogens with two attached hydrogens (primary N) is 1. The Hall–Kier alpha value is -3.13. The molecule has 3 N–H and O–H groups in total. The van der Waals surface area contributed by atoms with Crippen LogP contribution in [0, 0.1) is 0 Å². The molecule has 3 heterocycles. The number of carbonyl (C=O) groups is 1. The number of hydrogen-bond donors (Lipinski definition) is 2. The first-order chi connectivity index (χ1) is 12.7. The van der Waals surface area contributed by atoms with Crippen molar-refractivity contribution in [2.75, 3.05) is 5.32 Å². The number of anilines is 1. The molecule has 0 aliphatic rings. The summed E-state index contributed by atoms with van der Waals surface area (Å²) >= 11 is 1.44. The zero-order chi connectivity index (χ0) is 18.4. The van der Waals surface area contributed by atoms with Crippen molar-refractivity contribution in [1.82, 2.24) is 15.0 Å². The first-order valence-corrected chi connectivity index (χ1v) is 8.74. The molecule has 132 valence electrons. The summed E-state index contributed by atoms with van der Waals surface area (Å²) in [4.78, 5) is 24.9. The number of urea groups is 1. The van der Waals surface area contributed by atoms with Crippen LogP contribution >= 0.6 is 11.8 Å². The lowest BCUT2D eigenvalue weighted by Crippen LogP contribution is -2.20. The predicted molar refractivity (Wildman–Crippen MR) is 99.5 cm³/mol. The molecule has 0 unspecified atom stereocenters. The maximum Gasteiger partial charge on any atom is 0.317 e. The molecule has 0 fully saturated rings. The van der Waals surface area contributed by atoms with Crippen molar-refractivity contribution >= 4 is 23.6 Å². The van der Waals surface area contributed by atoms with E-state index in [4.69, 9.17) is 10.5 Å². The third-order valence-corrected chi connectivity index (χ3v) is 4.24. The van der Waals surface area contributed by atoms with Gasteiger partial charge in [0.15, 0.2) is 11.6 Å². The van der Waals surface area contributed by atoms with Crippen molar-refractivity contribution in [1.29, 1.82) is 0 Å². The number of nitrogens with zero attached hydrogens (tertiary/aromatic N) is 3. The zero-order valence-electron chi connectivity index (χ0n) is 14.0. The minimum Gasteiger partial charge on any atom is -0.452 e. The van der Waals surface area contributed by atoms with E-state index < -0.39 is 6.03 Å². The third kappa shape index (κ3) is 4.48. The van der Waals surface area contributed by atoms with Crippen molar-refractivity contribution in [3.8, 4) is 11.5 Å². The summed E-state index contributed by atoms with van der Waals surface area (Å²) in [6, 6.07) is 10.3. The Balaban J connectivity index is 1.93. The lowest BCUT2D eigenvalue weighted by atomic mass is 10.2. The number of nitrogens with one attached hydrogen (secondary N) is 1. The Labute approximate surface area is 155 Å². The van der Waals surface area contributed by atoms with Crippen LogP contribution in [0.2, 0.25) is 0 Å². The van der Waals surface area contributed by atoms with E-state index in [-0.39, 0.29) is 5.82 Å². The Bertz CT molecular complexity index is 905. The number of pyridine rings is 3. The highest BCUT2D eigenvalue weighted by molar-refractivity contribution is 7.99. The predicted octanol–water partition coefficient (Wildman–Crippen LogP) is 3.87. The van der Waals surface area contributed by atoms with Crippen LogP contribution in [0.15, 0.2) is 64.9 Å². The normalized spacial score (nSPS) is 10.3. The van der Waals surface area contributed by atoms with Crippen LogP contribution in [0.3, 0.4) is 0 Å². The first kappa shape index (κ1) is 17.7. The summed E-state index contributed by atoms with van der Waals surface area (Å²) in [5, 5.41) is 3.31. The fourth-order valence-electron chi connectivity index (χ4n) is 2.20. The molecule has 0 saturated carbocycles. The number of hydrogen-bond acceptors (Lipinski definition) is 6. The number of aromatic nitrogens is 3. The molecule has 7 nitrogen and oxygen atoms in total. The van der Waals surface area contributed by atoms with Crippen LogP contribution in [0.1, 0.15) is 12.6 Å². The smallest absolute Gasteiger partial charge is 0.317 e. The number of rotatable bonds is 6. The molecule has 3 aromatic heterocycles. The molecule has 2 amide bonds. The highest BCUT2D eigenvalue weighted by Gasteiger charge is 2.13. The molecule has 0 aliphatic carbocycles. The molecule has 0 spiro atoms. The van der Waals surface area contributed by atoms with Gasteiger partial charge in [-0.25, -0.2) is 14.8 Å². The molecule has 8 heteroatoms. The number of ether oxygens (including phenoxy) is 1. The molecule has 26 heavy (non-hydrogen) atoms. The quantitative estimate of drug-likeness (QED) is 0.685. The standard InChI is InChI=1S/C18H17N5O2S/c1-2-13-14(6-5-9-20-13)25-15-10-12(11-22-17(15)23-18(19)24)26-16-7-3-4-8-21-16/h3-11H,2H2,1H3,(H3,19,22,23,24). The number of carbonyl (C=O) groups excluding carboxylic acids is 1. The van der Waals surface area contributed by atoms with Gasteiger partial charge in [-0.15, -0.1) is 0 Å². The van der Waals surface area contributed by atoms with Gasteiger partial charge in [-0.05, 0) is 30.7 Å². The molecule has 3 aromatic rings. The molecule has 0 bridgehead atoms. The number of primary amides is 1. The molecule has 0 atom stereocenters. The van der Waals surface area contributed by atoms with E-state index in [9.17, 15) is 4.79 Å². The fraction of sp³-hybridized carbons (Fsp3) is 0.111. The van der Waals surface area contributed by atoms with Crippen molar-refractivity contribution < 1.29 is 9.53 Å². The van der Waals surface area contributed by atoms with Crippen molar-refractivity contribution in [3.63, 3.8) is 0 Å². The average molecular weight is 367 g/mol. The topological polar surface area (TPSA) is 103 Å². The van der Waals surface area contributed by atoms with Crippen molar-refractivity contribution in [3.05, 3.63) is 60.7 Å². The summed E-state index contributed by atoms with van der Waals surface area (Å²) in [5.41, 5.74) is 6.04. The van der Waals surface area contributed by atoms with Gasteiger partial charge in [0.2, 0.25) is 0 Å². The molecule has 0 aliphatic heterocycles. The Morgan fingerprint density at radius 2 is 2.00 bits per heavy atom. The van der Waals surface area contributed by atoms with Crippen LogP contribution in [0.5, 0.6) is 11.5 Å². The highest BCUT2D eigenvalue weighted by atomic mass is 32.2. The maximum absolute atomic E-state index is 11.3. The third-order valence-electron chi connectivity index (χ3n) is 3.33. The second-order valence-corrected chi connectivity index (χ2v) is 6.27. The molecular weight excluding hydrogens is 350 g/mol. The van der Waals surface area contributed by atoms with Gasteiger partial charge in [0, 0.05) is 29.6 Å². The van der Waals surface area contributed by atoms with E-state index >= 15 is 0 Å². The number of aryl methyl sites for hydroxylation is 1. The molecular formula is C18H17N5O2S. The van der Waals surface area contributed by atoms with Crippen molar-refractivity contribution in [2.24, 2.45) is 5.73 Å². The first-order valence-electron chi connectivity index (χ1n) is 7.93. The van der Waals surface area contributed by atoms with E-state index in [1.807, 2.05) is 31.2 Å². The summed E-state index contributed by atoms with van der Waals surface area (Å²) in [6.07, 6.45) is 5.77. The largest absolute Gasteiger partial charge is 0.452 e. The summed E-state index contributed by atoms with van der Waals surface area (Å²) in [5.74, 6) is 1.23. The summed E-state index contributed by atoms with van der Waals surface area (Å²) in [6.45, 7) is 1.99. The van der Waals surface area contributed by atoms with Crippen LogP contribution in [0.25, 0.3) is 0 Å². The van der Waals surface area contributed by atoms with E-state index in [0.717, 1.165) is 15.6 Å². The molecule has 0 saturated heterocycles. The highest BCUT2D eigenvalue weighted by Crippen LogP contribution is 2.35. The Morgan fingerprint density at radius 3 is 2.73 bits per heavy atom. The molecule has 0 radical (unpaired) electrons. The molecule has 3 rings (SSSR count). The SMILES string of the molecule is CCc1ncccc1Oc1cc(Sc2ccccn2)cnc1NC(N)=O. The Morgan fingerprint density at radius 1 is 1.15 bits per heavy atom. The lowest BCUT2D eigenvalue weighted by Gasteiger charge is -2.13.